The number of nitrogens with zero attached hydrogens (tertiary/aromatic N) is 1. The van der Waals surface area contributed by atoms with Gasteiger partial charge in [-0.05, 0) is 18.1 Å². The summed E-state index contributed by atoms with van der Waals surface area (Å²) in [6, 6.07) is 14.7. The molecule has 0 bridgehead atoms. The Morgan fingerprint density at radius 2 is 1.40 bits per heavy atom. The maximum atomic E-state index is 2.16. The SMILES string of the molecule is CC[n+]1ccc(-c2ccccc2)cc1.[Br-]. The van der Waals surface area contributed by atoms with Crippen molar-refractivity contribution in [2.75, 3.05) is 0 Å². The second-order valence-corrected chi connectivity index (χ2v) is 3.28. The molecule has 1 nitrogen and oxygen atoms in total. The number of rotatable bonds is 2. The molecule has 2 rings (SSSR count). The molecule has 0 aliphatic carbocycles. The van der Waals surface area contributed by atoms with E-state index in [0.717, 1.165) is 6.54 Å². The Morgan fingerprint density at radius 1 is 0.867 bits per heavy atom. The number of aryl methyl sites for hydroxylation is 1. The minimum atomic E-state index is 0. The number of hydrogen-bond donors (Lipinski definition) is 0. The first-order valence-corrected chi connectivity index (χ1v) is 4.94. The van der Waals surface area contributed by atoms with Crippen LogP contribution in [0, 0.1) is 0 Å². The molecule has 2 aromatic rings. The third-order valence-electron chi connectivity index (χ3n) is 2.36. The van der Waals surface area contributed by atoms with Gasteiger partial charge in [0.1, 0.15) is 6.54 Å². The first-order valence-electron chi connectivity index (χ1n) is 4.94. The van der Waals surface area contributed by atoms with Crippen molar-refractivity contribution < 1.29 is 21.5 Å². The minimum Gasteiger partial charge on any atom is -1.00 e. The summed E-state index contributed by atoms with van der Waals surface area (Å²) in [5, 5.41) is 0. The molecule has 0 atom stereocenters. The van der Waals surface area contributed by atoms with E-state index in [9.17, 15) is 0 Å². The highest BCUT2D eigenvalue weighted by Crippen LogP contribution is 2.16. The van der Waals surface area contributed by atoms with Crippen molar-refractivity contribution >= 4 is 0 Å². The van der Waals surface area contributed by atoms with Crippen LogP contribution in [0.3, 0.4) is 0 Å². The smallest absolute Gasteiger partial charge is 0.169 e. The van der Waals surface area contributed by atoms with Gasteiger partial charge in [-0.15, -0.1) is 0 Å². The summed E-state index contributed by atoms with van der Waals surface area (Å²) >= 11 is 0. The molecule has 78 valence electrons. The summed E-state index contributed by atoms with van der Waals surface area (Å²) in [5.41, 5.74) is 2.55. The number of halogens is 1. The molecule has 0 radical (unpaired) electrons. The van der Waals surface area contributed by atoms with E-state index in [4.69, 9.17) is 0 Å². The standard InChI is InChI=1S/C13H14N.BrH/c1-2-14-10-8-13(9-11-14)12-6-4-3-5-7-12;/h3-11H,2H2,1H3;1H/q+1;/p-1. The van der Waals surface area contributed by atoms with Crippen LogP contribution in [0.4, 0.5) is 0 Å². The van der Waals surface area contributed by atoms with Crippen LogP contribution in [0.15, 0.2) is 54.9 Å². The predicted octanol–water partition coefficient (Wildman–Crippen LogP) is -0.335. The molecule has 0 fully saturated rings. The van der Waals surface area contributed by atoms with Gasteiger partial charge in [0.2, 0.25) is 0 Å². The molecule has 0 spiro atoms. The van der Waals surface area contributed by atoms with E-state index in [1.54, 1.807) is 0 Å². The van der Waals surface area contributed by atoms with Crippen LogP contribution in [-0.4, -0.2) is 0 Å². The lowest BCUT2D eigenvalue weighted by atomic mass is 10.1. The van der Waals surface area contributed by atoms with Crippen LogP contribution < -0.4 is 21.5 Å². The number of pyridine rings is 1. The summed E-state index contributed by atoms with van der Waals surface area (Å²) in [4.78, 5) is 0. The zero-order valence-electron chi connectivity index (χ0n) is 8.73. The summed E-state index contributed by atoms with van der Waals surface area (Å²) in [7, 11) is 0. The Morgan fingerprint density at radius 3 is 1.93 bits per heavy atom. The zero-order valence-corrected chi connectivity index (χ0v) is 10.3. The maximum Gasteiger partial charge on any atom is 0.169 e. The van der Waals surface area contributed by atoms with E-state index in [0.29, 0.717) is 0 Å². The Bertz CT molecular complexity index is 395. The van der Waals surface area contributed by atoms with Gasteiger partial charge in [-0.3, -0.25) is 0 Å². The Balaban J connectivity index is 0.00000112. The van der Waals surface area contributed by atoms with Gasteiger partial charge in [-0.1, -0.05) is 30.3 Å². The van der Waals surface area contributed by atoms with Crippen molar-refractivity contribution in [1.82, 2.24) is 0 Å². The van der Waals surface area contributed by atoms with Gasteiger partial charge in [0.15, 0.2) is 12.4 Å². The maximum absolute atomic E-state index is 2.16. The number of benzene rings is 1. The summed E-state index contributed by atoms with van der Waals surface area (Å²) in [6.45, 7) is 3.16. The van der Waals surface area contributed by atoms with Crippen LogP contribution in [0.2, 0.25) is 0 Å². The van der Waals surface area contributed by atoms with Gasteiger partial charge in [0, 0.05) is 12.1 Å². The molecule has 0 aliphatic rings. The fourth-order valence-electron chi connectivity index (χ4n) is 1.49. The quantitative estimate of drug-likeness (QED) is 0.654. The van der Waals surface area contributed by atoms with Gasteiger partial charge in [-0.25, -0.2) is 4.57 Å². The molecular weight excluding hydrogens is 250 g/mol. The van der Waals surface area contributed by atoms with E-state index in [1.165, 1.54) is 11.1 Å². The van der Waals surface area contributed by atoms with Gasteiger partial charge in [-0.2, -0.15) is 0 Å². The lowest BCUT2D eigenvalue weighted by Gasteiger charge is -1.99. The topological polar surface area (TPSA) is 3.88 Å². The molecule has 0 aliphatic heterocycles. The first kappa shape index (κ1) is 11.9. The molecule has 2 heteroatoms. The van der Waals surface area contributed by atoms with Crippen molar-refractivity contribution in [1.29, 1.82) is 0 Å². The Hall–Kier alpha value is -1.15. The van der Waals surface area contributed by atoms with E-state index >= 15 is 0 Å². The van der Waals surface area contributed by atoms with Gasteiger partial charge < -0.3 is 17.0 Å². The lowest BCUT2D eigenvalue weighted by Crippen LogP contribution is -3.00. The lowest BCUT2D eigenvalue weighted by molar-refractivity contribution is -0.693. The van der Waals surface area contributed by atoms with Crippen LogP contribution in [-0.2, 0) is 6.54 Å². The Kier molecular flexibility index (Phi) is 4.50. The third-order valence-corrected chi connectivity index (χ3v) is 2.36. The summed E-state index contributed by atoms with van der Waals surface area (Å²) in [6.07, 6.45) is 4.23. The molecule has 1 aromatic carbocycles. The van der Waals surface area contributed by atoms with Crippen LogP contribution in [0.25, 0.3) is 11.1 Å². The van der Waals surface area contributed by atoms with Crippen LogP contribution in [0.5, 0.6) is 0 Å². The molecule has 1 aromatic heterocycles. The van der Waals surface area contributed by atoms with Crippen molar-refractivity contribution in [3.63, 3.8) is 0 Å². The fourth-order valence-corrected chi connectivity index (χ4v) is 1.49. The van der Waals surface area contributed by atoms with E-state index < -0.39 is 0 Å². The highest BCUT2D eigenvalue weighted by Gasteiger charge is 1.99. The number of hydrogen-bond acceptors (Lipinski definition) is 0. The second kappa shape index (κ2) is 5.66. The highest BCUT2D eigenvalue weighted by atomic mass is 79.9. The second-order valence-electron chi connectivity index (χ2n) is 3.28. The van der Waals surface area contributed by atoms with Crippen LogP contribution >= 0.6 is 0 Å². The third kappa shape index (κ3) is 2.90. The molecular formula is C13H14BrN. The molecule has 0 N–H and O–H groups in total. The molecule has 0 saturated carbocycles. The number of aromatic nitrogens is 1. The Labute approximate surface area is 101 Å². The summed E-state index contributed by atoms with van der Waals surface area (Å²) < 4.78 is 2.16. The minimum absolute atomic E-state index is 0. The monoisotopic (exact) mass is 263 g/mol. The highest BCUT2D eigenvalue weighted by molar-refractivity contribution is 5.61. The fraction of sp³-hybridized carbons (Fsp3) is 0.154. The first-order chi connectivity index (χ1) is 6.90. The average molecular weight is 264 g/mol. The normalized spacial score (nSPS) is 9.40. The predicted molar refractivity (Wildman–Crippen MR) is 57.7 cm³/mol. The van der Waals surface area contributed by atoms with E-state index in [2.05, 4.69) is 60.3 Å². The molecule has 0 amide bonds. The zero-order chi connectivity index (χ0) is 9.80. The molecule has 15 heavy (non-hydrogen) atoms. The van der Waals surface area contributed by atoms with E-state index in [-0.39, 0.29) is 17.0 Å². The van der Waals surface area contributed by atoms with E-state index in [1.807, 2.05) is 6.07 Å². The van der Waals surface area contributed by atoms with Gasteiger partial charge in [0.05, 0.1) is 0 Å². The van der Waals surface area contributed by atoms with Crippen LogP contribution in [0.1, 0.15) is 6.92 Å². The van der Waals surface area contributed by atoms with Crippen molar-refractivity contribution in [2.24, 2.45) is 0 Å². The van der Waals surface area contributed by atoms with Gasteiger partial charge >= 0.3 is 0 Å². The average Bonchev–Trinajstić information content (AvgIpc) is 2.30. The van der Waals surface area contributed by atoms with Gasteiger partial charge in [0.25, 0.3) is 0 Å². The van der Waals surface area contributed by atoms with Crippen molar-refractivity contribution in [3.05, 3.63) is 54.9 Å². The largest absolute Gasteiger partial charge is 1.00 e. The molecule has 0 unspecified atom stereocenters. The molecule has 0 saturated heterocycles. The van der Waals surface area contributed by atoms with Crippen molar-refractivity contribution in [3.8, 4) is 11.1 Å². The summed E-state index contributed by atoms with van der Waals surface area (Å²) in [5.74, 6) is 0. The molecule has 1 heterocycles. The van der Waals surface area contributed by atoms with Crippen molar-refractivity contribution in [2.45, 2.75) is 13.5 Å².